The van der Waals surface area contributed by atoms with Crippen molar-refractivity contribution in [3.05, 3.63) is 58.0 Å². The molecule has 118 valence electrons. The summed E-state index contributed by atoms with van der Waals surface area (Å²) in [7, 11) is 1.82. The SMILES string of the molecule is Cn1ccc(CNC(=O)c2cc(-c3ccc(Cl)cc3Cl)n[nH]2)n1. The summed E-state index contributed by atoms with van der Waals surface area (Å²) < 4.78 is 1.68. The predicted molar refractivity (Wildman–Crippen MR) is 88.4 cm³/mol. The number of hydrogen-bond acceptors (Lipinski definition) is 3. The number of amides is 1. The van der Waals surface area contributed by atoms with E-state index in [1.165, 1.54) is 0 Å². The topological polar surface area (TPSA) is 75.6 Å². The monoisotopic (exact) mass is 349 g/mol. The van der Waals surface area contributed by atoms with Crippen LogP contribution in [0.1, 0.15) is 16.2 Å². The van der Waals surface area contributed by atoms with Gasteiger partial charge in [0.15, 0.2) is 0 Å². The van der Waals surface area contributed by atoms with E-state index in [1.807, 2.05) is 19.3 Å². The quantitative estimate of drug-likeness (QED) is 0.759. The molecule has 23 heavy (non-hydrogen) atoms. The largest absolute Gasteiger partial charge is 0.345 e. The molecule has 8 heteroatoms. The van der Waals surface area contributed by atoms with E-state index in [-0.39, 0.29) is 5.91 Å². The minimum atomic E-state index is -0.264. The zero-order valence-electron chi connectivity index (χ0n) is 12.2. The Hall–Kier alpha value is -2.31. The Morgan fingerprint density at radius 1 is 1.30 bits per heavy atom. The number of carbonyl (C=O) groups excluding carboxylic acids is 1. The van der Waals surface area contributed by atoms with Crippen LogP contribution in [0.4, 0.5) is 0 Å². The van der Waals surface area contributed by atoms with Gasteiger partial charge in [0, 0.05) is 23.8 Å². The molecule has 2 heterocycles. The third-order valence-electron chi connectivity index (χ3n) is 3.23. The molecular weight excluding hydrogens is 337 g/mol. The molecule has 3 rings (SSSR count). The Balaban J connectivity index is 1.72. The number of nitrogens with zero attached hydrogens (tertiary/aromatic N) is 3. The van der Waals surface area contributed by atoms with E-state index in [1.54, 1.807) is 28.9 Å². The molecule has 0 atom stereocenters. The highest BCUT2D eigenvalue weighted by atomic mass is 35.5. The molecule has 0 fully saturated rings. The standard InChI is InChI=1S/C15H13Cl2N5O/c1-22-5-4-10(21-22)8-18-15(23)14-7-13(19-20-14)11-3-2-9(16)6-12(11)17/h2-7H,8H2,1H3,(H,18,23)(H,19,20). The minimum Gasteiger partial charge on any atom is -0.345 e. The maximum Gasteiger partial charge on any atom is 0.269 e. The molecule has 0 radical (unpaired) electrons. The van der Waals surface area contributed by atoms with Gasteiger partial charge in [-0.3, -0.25) is 14.6 Å². The number of rotatable bonds is 4. The predicted octanol–water partition coefficient (Wildman–Crippen LogP) is 3.05. The summed E-state index contributed by atoms with van der Waals surface area (Å²) in [6, 6.07) is 8.59. The molecule has 0 aliphatic rings. The van der Waals surface area contributed by atoms with Crippen LogP contribution in [0, 0.1) is 0 Å². The van der Waals surface area contributed by atoms with E-state index in [0.717, 1.165) is 5.69 Å². The van der Waals surface area contributed by atoms with Crippen molar-refractivity contribution >= 4 is 29.1 Å². The number of aromatic amines is 1. The summed E-state index contributed by atoms with van der Waals surface area (Å²) in [5.74, 6) is -0.264. The van der Waals surface area contributed by atoms with Gasteiger partial charge in [0.05, 0.1) is 23.0 Å². The van der Waals surface area contributed by atoms with Crippen LogP contribution in [0.5, 0.6) is 0 Å². The number of aromatic nitrogens is 4. The molecule has 1 amide bonds. The zero-order chi connectivity index (χ0) is 16.4. The van der Waals surface area contributed by atoms with E-state index in [2.05, 4.69) is 20.6 Å². The lowest BCUT2D eigenvalue weighted by Crippen LogP contribution is -2.23. The molecule has 2 N–H and O–H groups in total. The summed E-state index contributed by atoms with van der Waals surface area (Å²) in [5, 5.41) is 14.8. The van der Waals surface area contributed by atoms with E-state index in [9.17, 15) is 4.79 Å². The molecular formula is C15H13Cl2N5O. The van der Waals surface area contributed by atoms with Crippen molar-refractivity contribution in [2.24, 2.45) is 7.05 Å². The number of aryl methyl sites for hydroxylation is 1. The second kappa shape index (κ2) is 6.44. The van der Waals surface area contributed by atoms with Gasteiger partial charge in [0.2, 0.25) is 0 Å². The highest BCUT2D eigenvalue weighted by molar-refractivity contribution is 6.36. The number of benzene rings is 1. The molecule has 0 spiro atoms. The first-order valence-electron chi connectivity index (χ1n) is 6.80. The lowest BCUT2D eigenvalue weighted by atomic mass is 10.1. The lowest BCUT2D eigenvalue weighted by molar-refractivity contribution is 0.0945. The first kappa shape index (κ1) is 15.6. The maximum absolute atomic E-state index is 12.1. The van der Waals surface area contributed by atoms with Crippen LogP contribution in [0.3, 0.4) is 0 Å². The Morgan fingerprint density at radius 3 is 2.83 bits per heavy atom. The van der Waals surface area contributed by atoms with E-state index in [4.69, 9.17) is 23.2 Å². The van der Waals surface area contributed by atoms with E-state index in [0.29, 0.717) is 33.5 Å². The lowest BCUT2D eigenvalue weighted by Gasteiger charge is -2.01. The average molecular weight is 350 g/mol. The number of carbonyl (C=O) groups is 1. The van der Waals surface area contributed by atoms with E-state index >= 15 is 0 Å². The van der Waals surface area contributed by atoms with Crippen molar-refractivity contribution < 1.29 is 4.79 Å². The molecule has 0 saturated heterocycles. The molecule has 0 saturated carbocycles. The number of hydrogen-bond donors (Lipinski definition) is 2. The third kappa shape index (κ3) is 3.55. The fraction of sp³-hybridized carbons (Fsp3) is 0.133. The normalized spacial score (nSPS) is 10.7. The van der Waals surface area contributed by atoms with Crippen molar-refractivity contribution in [1.82, 2.24) is 25.3 Å². The van der Waals surface area contributed by atoms with Crippen LogP contribution in [0.25, 0.3) is 11.3 Å². The maximum atomic E-state index is 12.1. The summed E-state index contributed by atoms with van der Waals surface area (Å²) in [6.07, 6.45) is 1.82. The fourth-order valence-corrected chi connectivity index (χ4v) is 2.60. The van der Waals surface area contributed by atoms with Gasteiger partial charge in [-0.25, -0.2) is 0 Å². The smallest absolute Gasteiger partial charge is 0.269 e. The van der Waals surface area contributed by atoms with Crippen LogP contribution in [-0.4, -0.2) is 25.9 Å². The molecule has 0 bridgehead atoms. The van der Waals surface area contributed by atoms with Gasteiger partial charge in [-0.15, -0.1) is 0 Å². The van der Waals surface area contributed by atoms with Crippen LogP contribution >= 0.6 is 23.2 Å². The van der Waals surface area contributed by atoms with Crippen molar-refractivity contribution in [2.45, 2.75) is 6.54 Å². The summed E-state index contributed by atoms with van der Waals surface area (Å²) >= 11 is 12.0. The van der Waals surface area contributed by atoms with Gasteiger partial charge < -0.3 is 5.32 Å². The number of halogens is 2. The van der Waals surface area contributed by atoms with Crippen molar-refractivity contribution in [3.8, 4) is 11.3 Å². The van der Waals surface area contributed by atoms with Crippen molar-refractivity contribution in [1.29, 1.82) is 0 Å². The molecule has 2 aromatic heterocycles. The van der Waals surface area contributed by atoms with Crippen molar-refractivity contribution in [3.63, 3.8) is 0 Å². The third-order valence-corrected chi connectivity index (χ3v) is 3.78. The first-order chi connectivity index (χ1) is 11.0. The molecule has 0 unspecified atom stereocenters. The molecule has 6 nitrogen and oxygen atoms in total. The second-order valence-corrected chi connectivity index (χ2v) is 5.80. The molecule has 3 aromatic rings. The summed E-state index contributed by atoms with van der Waals surface area (Å²) in [5.41, 5.74) is 2.41. The van der Waals surface area contributed by atoms with Gasteiger partial charge >= 0.3 is 0 Å². The van der Waals surface area contributed by atoms with Gasteiger partial charge in [-0.1, -0.05) is 23.2 Å². The highest BCUT2D eigenvalue weighted by Crippen LogP contribution is 2.29. The Labute approximate surface area is 142 Å². The minimum absolute atomic E-state index is 0.264. The van der Waals surface area contributed by atoms with Crippen molar-refractivity contribution in [2.75, 3.05) is 0 Å². The first-order valence-corrected chi connectivity index (χ1v) is 7.56. The number of H-pyrrole nitrogens is 1. The van der Waals surface area contributed by atoms with Crippen LogP contribution in [0.2, 0.25) is 10.0 Å². The van der Waals surface area contributed by atoms with E-state index < -0.39 is 0 Å². The van der Waals surface area contributed by atoms with Gasteiger partial charge in [0.1, 0.15) is 5.69 Å². The Kier molecular flexibility index (Phi) is 4.36. The van der Waals surface area contributed by atoms with Gasteiger partial charge in [0.25, 0.3) is 5.91 Å². The average Bonchev–Trinajstić information content (AvgIpc) is 3.14. The Morgan fingerprint density at radius 2 is 2.13 bits per heavy atom. The summed E-state index contributed by atoms with van der Waals surface area (Å²) in [4.78, 5) is 12.1. The summed E-state index contributed by atoms with van der Waals surface area (Å²) in [6.45, 7) is 0.343. The fourth-order valence-electron chi connectivity index (χ4n) is 2.10. The Bertz CT molecular complexity index is 855. The number of nitrogens with one attached hydrogen (secondary N) is 2. The van der Waals surface area contributed by atoms with Crippen LogP contribution in [-0.2, 0) is 13.6 Å². The zero-order valence-corrected chi connectivity index (χ0v) is 13.7. The van der Waals surface area contributed by atoms with Crippen LogP contribution < -0.4 is 5.32 Å². The van der Waals surface area contributed by atoms with Gasteiger partial charge in [-0.05, 0) is 30.3 Å². The molecule has 1 aromatic carbocycles. The highest BCUT2D eigenvalue weighted by Gasteiger charge is 2.13. The van der Waals surface area contributed by atoms with Gasteiger partial charge in [-0.2, -0.15) is 10.2 Å². The molecule has 0 aliphatic carbocycles. The van der Waals surface area contributed by atoms with Crippen LogP contribution in [0.15, 0.2) is 36.5 Å². The second-order valence-electron chi connectivity index (χ2n) is 4.95. The molecule has 0 aliphatic heterocycles.